The van der Waals surface area contributed by atoms with Crippen molar-refractivity contribution in [3.05, 3.63) is 48.3 Å². The highest BCUT2D eigenvalue weighted by Gasteiger charge is 2.26. The lowest BCUT2D eigenvalue weighted by Crippen LogP contribution is -2.38. The molecule has 1 aliphatic heterocycles. The standard InChI is InChI=1S/C18H20N6O/c1-13-4-2-3-5-15(13)20-18(25)14-8-10-23(11-9-14)17-7-6-16-21-19-12-24(16)22-17/h2-7,12,14H,8-11H2,1H3,(H,20,25). The third-order valence-electron chi connectivity index (χ3n) is 4.74. The lowest BCUT2D eigenvalue weighted by Gasteiger charge is -2.32. The lowest BCUT2D eigenvalue weighted by molar-refractivity contribution is -0.120. The topological polar surface area (TPSA) is 75.4 Å². The van der Waals surface area contributed by atoms with E-state index in [2.05, 4.69) is 25.5 Å². The molecule has 1 amide bonds. The number of aryl methyl sites for hydroxylation is 1. The maximum Gasteiger partial charge on any atom is 0.227 e. The maximum absolute atomic E-state index is 12.5. The quantitative estimate of drug-likeness (QED) is 0.794. The first-order valence-corrected chi connectivity index (χ1v) is 8.49. The number of aromatic nitrogens is 4. The van der Waals surface area contributed by atoms with Gasteiger partial charge in [0, 0.05) is 24.7 Å². The zero-order chi connectivity index (χ0) is 17.2. The van der Waals surface area contributed by atoms with Crippen LogP contribution in [0.25, 0.3) is 5.65 Å². The van der Waals surface area contributed by atoms with E-state index in [1.807, 2.05) is 43.3 Å². The number of nitrogens with zero attached hydrogens (tertiary/aromatic N) is 5. The van der Waals surface area contributed by atoms with Crippen molar-refractivity contribution < 1.29 is 4.79 Å². The Kier molecular flexibility index (Phi) is 4.05. The second-order valence-corrected chi connectivity index (χ2v) is 6.39. The molecule has 0 aliphatic carbocycles. The van der Waals surface area contributed by atoms with Crippen LogP contribution in [-0.4, -0.2) is 38.8 Å². The van der Waals surface area contributed by atoms with Crippen LogP contribution in [0.15, 0.2) is 42.7 Å². The highest BCUT2D eigenvalue weighted by Crippen LogP contribution is 2.24. The Balaban J connectivity index is 1.39. The summed E-state index contributed by atoms with van der Waals surface area (Å²) >= 11 is 0. The fraction of sp³-hybridized carbons (Fsp3) is 0.333. The zero-order valence-corrected chi connectivity index (χ0v) is 14.1. The van der Waals surface area contributed by atoms with Gasteiger partial charge in [0.1, 0.15) is 12.1 Å². The van der Waals surface area contributed by atoms with Gasteiger partial charge in [0.2, 0.25) is 5.91 Å². The first kappa shape index (κ1) is 15.6. The van der Waals surface area contributed by atoms with Crippen molar-refractivity contribution in [2.75, 3.05) is 23.3 Å². The van der Waals surface area contributed by atoms with E-state index in [4.69, 9.17) is 0 Å². The molecule has 25 heavy (non-hydrogen) atoms. The van der Waals surface area contributed by atoms with E-state index < -0.39 is 0 Å². The number of carbonyl (C=O) groups excluding carboxylic acids is 1. The van der Waals surface area contributed by atoms with Crippen LogP contribution < -0.4 is 10.2 Å². The fourth-order valence-electron chi connectivity index (χ4n) is 3.21. The van der Waals surface area contributed by atoms with Crippen LogP contribution in [0.3, 0.4) is 0 Å². The van der Waals surface area contributed by atoms with Gasteiger partial charge in [-0.15, -0.1) is 15.3 Å². The van der Waals surface area contributed by atoms with Gasteiger partial charge < -0.3 is 10.2 Å². The number of rotatable bonds is 3. The van der Waals surface area contributed by atoms with Crippen molar-refractivity contribution in [1.29, 1.82) is 0 Å². The number of para-hydroxylation sites is 1. The van der Waals surface area contributed by atoms with Crippen LogP contribution in [0.4, 0.5) is 11.5 Å². The first-order valence-electron chi connectivity index (χ1n) is 8.49. The van der Waals surface area contributed by atoms with E-state index in [-0.39, 0.29) is 11.8 Å². The largest absolute Gasteiger partial charge is 0.355 e. The Bertz CT molecular complexity index is 897. The van der Waals surface area contributed by atoms with Gasteiger partial charge in [0.05, 0.1) is 0 Å². The molecule has 0 unspecified atom stereocenters. The lowest BCUT2D eigenvalue weighted by atomic mass is 9.95. The number of carbonyl (C=O) groups is 1. The van der Waals surface area contributed by atoms with Gasteiger partial charge in [-0.1, -0.05) is 18.2 Å². The summed E-state index contributed by atoms with van der Waals surface area (Å²) in [6.45, 7) is 3.63. The highest BCUT2D eigenvalue weighted by molar-refractivity contribution is 5.93. The molecule has 1 fully saturated rings. The van der Waals surface area contributed by atoms with Crippen LogP contribution in [0.2, 0.25) is 0 Å². The molecule has 0 bridgehead atoms. The van der Waals surface area contributed by atoms with Gasteiger partial charge in [-0.05, 0) is 43.5 Å². The van der Waals surface area contributed by atoms with Crippen molar-refractivity contribution in [2.24, 2.45) is 5.92 Å². The summed E-state index contributed by atoms with van der Waals surface area (Å²) in [5.74, 6) is 1.04. The average Bonchev–Trinajstić information content (AvgIpc) is 3.11. The average molecular weight is 336 g/mol. The molecule has 0 saturated carbocycles. The molecule has 0 spiro atoms. The third kappa shape index (κ3) is 3.17. The van der Waals surface area contributed by atoms with Crippen molar-refractivity contribution in [3.63, 3.8) is 0 Å². The van der Waals surface area contributed by atoms with Crippen molar-refractivity contribution in [1.82, 2.24) is 19.8 Å². The summed E-state index contributed by atoms with van der Waals surface area (Å²) in [5.41, 5.74) is 2.71. The molecular weight excluding hydrogens is 316 g/mol. The minimum absolute atomic E-state index is 0.0366. The predicted molar refractivity (Wildman–Crippen MR) is 95.5 cm³/mol. The third-order valence-corrected chi connectivity index (χ3v) is 4.74. The molecule has 1 aromatic carbocycles. The number of piperidine rings is 1. The summed E-state index contributed by atoms with van der Waals surface area (Å²) in [6.07, 6.45) is 3.24. The Morgan fingerprint density at radius 1 is 1.16 bits per heavy atom. The summed E-state index contributed by atoms with van der Waals surface area (Å²) < 4.78 is 1.67. The van der Waals surface area contributed by atoms with E-state index >= 15 is 0 Å². The Hall–Kier alpha value is -2.96. The molecule has 0 radical (unpaired) electrons. The molecule has 128 valence electrons. The number of fused-ring (bicyclic) bond motifs is 1. The molecule has 2 aromatic heterocycles. The van der Waals surface area contributed by atoms with E-state index in [1.54, 1.807) is 10.8 Å². The molecule has 7 nitrogen and oxygen atoms in total. The molecular formula is C18H20N6O. The SMILES string of the molecule is Cc1ccccc1NC(=O)C1CCN(c2ccc3nncn3n2)CC1. The van der Waals surface area contributed by atoms with Gasteiger partial charge in [0.15, 0.2) is 5.65 Å². The number of nitrogens with one attached hydrogen (secondary N) is 1. The van der Waals surface area contributed by atoms with Crippen molar-refractivity contribution >= 4 is 23.1 Å². The highest BCUT2D eigenvalue weighted by atomic mass is 16.1. The molecule has 3 heterocycles. The summed E-state index contributed by atoms with van der Waals surface area (Å²) in [4.78, 5) is 14.7. The van der Waals surface area contributed by atoms with E-state index in [0.29, 0.717) is 0 Å². The summed E-state index contributed by atoms with van der Waals surface area (Å²) in [5, 5.41) is 15.4. The van der Waals surface area contributed by atoms with Crippen molar-refractivity contribution in [2.45, 2.75) is 19.8 Å². The molecule has 7 heteroatoms. The molecule has 1 aliphatic rings. The van der Waals surface area contributed by atoms with Crippen LogP contribution >= 0.6 is 0 Å². The minimum atomic E-state index is 0.0366. The van der Waals surface area contributed by atoms with Gasteiger partial charge in [-0.25, -0.2) is 0 Å². The van der Waals surface area contributed by atoms with Crippen LogP contribution in [0.1, 0.15) is 18.4 Å². The number of hydrogen-bond acceptors (Lipinski definition) is 5. The van der Waals surface area contributed by atoms with Crippen molar-refractivity contribution in [3.8, 4) is 0 Å². The number of hydrogen-bond donors (Lipinski definition) is 1. The van der Waals surface area contributed by atoms with Crippen LogP contribution in [0, 0.1) is 12.8 Å². The van der Waals surface area contributed by atoms with E-state index in [0.717, 1.165) is 48.6 Å². The van der Waals surface area contributed by atoms with Gasteiger partial charge >= 0.3 is 0 Å². The van der Waals surface area contributed by atoms with E-state index in [1.165, 1.54) is 0 Å². The number of benzene rings is 1. The van der Waals surface area contributed by atoms with Gasteiger partial charge in [-0.2, -0.15) is 4.52 Å². The predicted octanol–water partition coefficient (Wildman–Crippen LogP) is 2.29. The maximum atomic E-state index is 12.5. The molecule has 1 saturated heterocycles. The number of anilines is 2. The van der Waals surface area contributed by atoms with Crippen LogP contribution in [0.5, 0.6) is 0 Å². The summed E-state index contributed by atoms with van der Waals surface area (Å²) in [7, 11) is 0. The van der Waals surface area contributed by atoms with Gasteiger partial charge in [-0.3, -0.25) is 4.79 Å². The van der Waals surface area contributed by atoms with E-state index in [9.17, 15) is 4.79 Å². The summed E-state index contributed by atoms with van der Waals surface area (Å²) in [6, 6.07) is 11.7. The Morgan fingerprint density at radius 3 is 2.76 bits per heavy atom. The smallest absolute Gasteiger partial charge is 0.227 e. The Morgan fingerprint density at radius 2 is 1.96 bits per heavy atom. The van der Waals surface area contributed by atoms with Gasteiger partial charge in [0.25, 0.3) is 0 Å². The first-order chi connectivity index (χ1) is 12.2. The minimum Gasteiger partial charge on any atom is -0.355 e. The molecule has 4 rings (SSSR count). The zero-order valence-electron chi connectivity index (χ0n) is 14.1. The number of amides is 1. The molecule has 1 N–H and O–H groups in total. The fourth-order valence-corrected chi connectivity index (χ4v) is 3.21. The Labute approximate surface area is 145 Å². The monoisotopic (exact) mass is 336 g/mol. The van der Waals surface area contributed by atoms with Crippen LogP contribution in [-0.2, 0) is 4.79 Å². The normalized spacial score (nSPS) is 15.5. The second-order valence-electron chi connectivity index (χ2n) is 6.39. The second kappa shape index (κ2) is 6.51. The molecule has 0 atom stereocenters. The molecule has 3 aromatic rings.